The lowest BCUT2D eigenvalue weighted by atomic mass is 10.1. The fourth-order valence-electron chi connectivity index (χ4n) is 4.11. The van der Waals surface area contributed by atoms with E-state index in [2.05, 4.69) is 24.5 Å². The third-order valence-corrected chi connectivity index (χ3v) is 6.25. The van der Waals surface area contributed by atoms with Gasteiger partial charge in [-0.2, -0.15) is 0 Å². The van der Waals surface area contributed by atoms with Crippen LogP contribution in [0.2, 0.25) is 0 Å². The molecule has 0 amide bonds. The Labute approximate surface area is 195 Å². The lowest BCUT2D eigenvalue weighted by molar-refractivity contribution is 0.155. The van der Waals surface area contributed by atoms with Gasteiger partial charge in [0.15, 0.2) is 0 Å². The second kappa shape index (κ2) is 26.1. The molecule has 0 aliphatic carbocycles. The first-order valence-corrected chi connectivity index (χ1v) is 14.0. The summed E-state index contributed by atoms with van der Waals surface area (Å²) in [5, 5.41) is 26.8. The molecular weight excluding hydrogens is 384 g/mol. The number of aliphatic hydroxyl groups is 2. The van der Waals surface area contributed by atoms with Crippen molar-refractivity contribution in [2.75, 3.05) is 26.2 Å². The number of nitrogens with one attached hydrogen (secondary N) is 2. The second-order valence-corrected chi connectivity index (χ2v) is 9.60. The minimum Gasteiger partial charge on any atom is -0.392 e. The van der Waals surface area contributed by atoms with E-state index in [0.29, 0.717) is 13.1 Å². The SMILES string of the molecule is CCCCCCCCCCC(O)CNCCCNCC(O)CCCCCCCCCC. The summed E-state index contributed by atoms with van der Waals surface area (Å²) >= 11 is 0. The van der Waals surface area contributed by atoms with Crippen LogP contribution in [0.5, 0.6) is 0 Å². The molecule has 0 fully saturated rings. The molecule has 2 unspecified atom stereocenters. The van der Waals surface area contributed by atoms with Crippen molar-refractivity contribution in [3.8, 4) is 0 Å². The zero-order chi connectivity index (χ0) is 22.8. The highest BCUT2D eigenvalue weighted by Gasteiger charge is 2.05. The van der Waals surface area contributed by atoms with E-state index in [1.807, 2.05) is 0 Å². The Kier molecular flexibility index (Phi) is 26.0. The van der Waals surface area contributed by atoms with Crippen LogP contribution in [0.4, 0.5) is 0 Å². The Hall–Kier alpha value is -0.160. The van der Waals surface area contributed by atoms with Gasteiger partial charge >= 0.3 is 0 Å². The van der Waals surface area contributed by atoms with Gasteiger partial charge in [-0.05, 0) is 32.4 Å². The first-order valence-electron chi connectivity index (χ1n) is 14.0. The summed E-state index contributed by atoms with van der Waals surface area (Å²) in [5.74, 6) is 0. The number of unbranched alkanes of at least 4 members (excludes halogenated alkanes) is 14. The highest BCUT2D eigenvalue weighted by atomic mass is 16.3. The molecule has 0 aromatic carbocycles. The molecule has 0 saturated heterocycles. The maximum absolute atomic E-state index is 10.1. The Morgan fingerprint density at radius 1 is 0.452 bits per heavy atom. The average molecular weight is 443 g/mol. The van der Waals surface area contributed by atoms with Crippen LogP contribution in [-0.4, -0.2) is 48.6 Å². The summed E-state index contributed by atoms with van der Waals surface area (Å²) in [4.78, 5) is 0. The van der Waals surface area contributed by atoms with Crippen molar-refractivity contribution in [3.05, 3.63) is 0 Å². The summed E-state index contributed by atoms with van der Waals surface area (Å²) in [6.45, 7) is 7.78. The number of aliphatic hydroxyl groups excluding tert-OH is 2. The summed E-state index contributed by atoms with van der Waals surface area (Å²) < 4.78 is 0. The van der Waals surface area contributed by atoms with Gasteiger partial charge in [0.2, 0.25) is 0 Å². The van der Waals surface area contributed by atoms with Crippen molar-refractivity contribution in [1.29, 1.82) is 0 Å². The van der Waals surface area contributed by atoms with Crippen LogP contribution in [0.3, 0.4) is 0 Å². The van der Waals surface area contributed by atoms with Gasteiger partial charge in [-0.1, -0.05) is 117 Å². The lowest BCUT2D eigenvalue weighted by Crippen LogP contribution is -2.31. The maximum Gasteiger partial charge on any atom is 0.0664 e. The molecule has 0 heterocycles. The Bertz CT molecular complexity index is 298. The second-order valence-electron chi connectivity index (χ2n) is 9.60. The van der Waals surface area contributed by atoms with Gasteiger partial charge in [-0.25, -0.2) is 0 Å². The number of hydrogen-bond donors (Lipinski definition) is 4. The molecule has 0 saturated carbocycles. The molecule has 31 heavy (non-hydrogen) atoms. The Balaban J connectivity index is 3.25. The van der Waals surface area contributed by atoms with Gasteiger partial charge in [0.25, 0.3) is 0 Å². The van der Waals surface area contributed by atoms with Crippen LogP contribution in [0.25, 0.3) is 0 Å². The van der Waals surface area contributed by atoms with E-state index >= 15 is 0 Å². The van der Waals surface area contributed by atoms with E-state index in [0.717, 1.165) is 45.2 Å². The van der Waals surface area contributed by atoms with Crippen LogP contribution < -0.4 is 10.6 Å². The van der Waals surface area contributed by atoms with Gasteiger partial charge in [-0.15, -0.1) is 0 Å². The third kappa shape index (κ3) is 26.0. The zero-order valence-corrected chi connectivity index (χ0v) is 21.3. The predicted molar refractivity (Wildman–Crippen MR) is 137 cm³/mol. The first kappa shape index (κ1) is 30.8. The normalized spacial score (nSPS) is 13.5. The fourth-order valence-corrected chi connectivity index (χ4v) is 4.11. The molecule has 0 bridgehead atoms. The minimum absolute atomic E-state index is 0.207. The molecule has 0 aliphatic heterocycles. The maximum atomic E-state index is 10.1. The van der Waals surface area contributed by atoms with Crippen molar-refractivity contribution < 1.29 is 10.2 Å². The van der Waals surface area contributed by atoms with E-state index in [4.69, 9.17) is 0 Å². The number of rotatable bonds is 26. The topological polar surface area (TPSA) is 64.5 Å². The minimum atomic E-state index is -0.207. The quantitative estimate of drug-likeness (QED) is 0.118. The van der Waals surface area contributed by atoms with Crippen molar-refractivity contribution in [3.63, 3.8) is 0 Å². The van der Waals surface area contributed by atoms with E-state index in [1.54, 1.807) is 0 Å². The van der Waals surface area contributed by atoms with Crippen molar-refractivity contribution in [1.82, 2.24) is 10.6 Å². The first-order chi connectivity index (χ1) is 15.2. The molecule has 4 nitrogen and oxygen atoms in total. The Morgan fingerprint density at radius 2 is 0.774 bits per heavy atom. The van der Waals surface area contributed by atoms with E-state index in [-0.39, 0.29) is 12.2 Å². The van der Waals surface area contributed by atoms with Crippen LogP contribution in [0.15, 0.2) is 0 Å². The molecule has 4 N–H and O–H groups in total. The summed E-state index contributed by atoms with van der Waals surface area (Å²) in [6.07, 6.45) is 23.5. The van der Waals surface area contributed by atoms with Gasteiger partial charge in [-0.3, -0.25) is 0 Å². The molecule has 0 aromatic rings. The van der Waals surface area contributed by atoms with Crippen LogP contribution in [0.1, 0.15) is 136 Å². The van der Waals surface area contributed by atoms with Gasteiger partial charge in [0, 0.05) is 13.1 Å². The summed E-state index contributed by atoms with van der Waals surface area (Å²) in [5.41, 5.74) is 0. The largest absolute Gasteiger partial charge is 0.392 e. The van der Waals surface area contributed by atoms with Crippen LogP contribution in [0, 0.1) is 0 Å². The fraction of sp³-hybridized carbons (Fsp3) is 1.00. The zero-order valence-electron chi connectivity index (χ0n) is 21.3. The average Bonchev–Trinajstić information content (AvgIpc) is 2.76. The molecule has 0 radical (unpaired) electrons. The highest BCUT2D eigenvalue weighted by Crippen LogP contribution is 2.11. The highest BCUT2D eigenvalue weighted by molar-refractivity contribution is 4.63. The smallest absolute Gasteiger partial charge is 0.0664 e. The van der Waals surface area contributed by atoms with Crippen LogP contribution >= 0.6 is 0 Å². The molecule has 0 aromatic heterocycles. The van der Waals surface area contributed by atoms with E-state index < -0.39 is 0 Å². The molecule has 0 aliphatic rings. The Morgan fingerprint density at radius 3 is 1.13 bits per heavy atom. The van der Waals surface area contributed by atoms with Crippen LogP contribution in [-0.2, 0) is 0 Å². The summed E-state index contributed by atoms with van der Waals surface area (Å²) in [7, 11) is 0. The standard InChI is InChI=1S/C27H58N2O2/c1-3-5-7-9-11-13-15-17-20-26(30)24-28-22-19-23-29-25-27(31)21-18-16-14-12-10-8-6-4-2/h26-31H,3-25H2,1-2H3. The monoisotopic (exact) mass is 442 g/mol. The van der Waals surface area contributed by atoms with Gasteiger partial charge in [0.05, 0.1) is 12.2 Å². The lowest BCUT2D eigenvalue weighted by Gasteiger charge is -2.13. The molecule has 2 atom stereocenters. The van der Waals surface area contributed by atoms with Gasteiger partial charge < -0.3 is 20.8 Å². The summed E-state index contributed by atoms with van der Waals surface area (Å²) in [6, 6.07) is 0. The number of hydrogen-bond acceptors (Lipinski definition) is 4. The van der Waals surface area contributed by atoms with E-state index in [1.165, 1.54) is 89.9 Å². The third-order valence-electron chi connectivity index (χ3n) is 6.25. The molecule has 4 heteroatoms. The molecule has 188 valence electrons. The van der Waals surface area contributed by atoms with Crippen molar-refractivity contribution in [2.45, 2.75) is 148 Å². The molecule has 0 rings (SSSR count). The molecular formula is C27H58N2O2. The van der Waals surface area contributed by atoms with Crippen molar-refractivity contribution >= 4 is 0 Å². The predicted octanol–water partition coefficient (Wildman–Crippen LogP) is 6.34. The van der Waals surface area contributed by atoms with Gasteiger partial charge in [0.1, 0.15) is 0 Å². The van der Waals surface area contributed by atoms with E-state index in [9.17, 15) is 10.2 Å². The molecule has 0 spiro atoms. The van der Waals surface area contributed by atoms with Crippen molar-refractivity contribution in [2.24, 2.45) is 0 Å².